The van der Waals surface area contributed by atoms with Gasteiger partial charge in [-0.2, -0.15) is 0 Å². The number of amides is 2. The standard InChI is InChI=1S/C24H22FN3O4/c1-15-12-16(25)5-8-20(15)32-21-14-18(28-11-3-4-23(28)29)6-7-19(21)24(30)27-17-9-10-26-22(13-17)31-2/h5-10,12-14H,3-4,11H2,1-2H3,(H,26,27,30). The number of rotatable bonds is 6. The number of hydrogen-bond acceptors (Lipinski definition) is 5. The van der Waals surface area contributed by atoms with Gasteiger partial charge in [0.25, 0.3) is 5.91 Å². The summed E-state index contributed by atoms with van der Waals surface area (Å²) in [7, 11) is 1.49. The quantitative estimate of drug-likeness (QED) is 0.607. The molecular weight excluding hydrogens is 413 g/mol. The van der Waals surface area contributed by atoms with E-state index in [2.05, 4.69) is 10.3 Å². The van der Waals surface area contributed by atoms with E-state index in [1.54, 1.807) is 42.2 Å². The summed E-state index contributed by atoms with van der Waals surface area (Å²) in [5.74, 6) is 0.272. The minimum absolute atomic E-state index is 0.0231. The Balaban J connectivity index is 1.69. The zero-order chi connectivity index (χ0) is 22.7. The number of hydrogen-bond donors (Lipinski definition) is 1. The smallest absolute Gasteiger partial charge is 0.259 e. The summed E-state index contributed by atoms with van der Waals surface area (Å²) in [6.45, 7) is 2.32. The van der Waals surface area contributed by atoms with Gasteiger partial charge in [0.1, 0.15) is 17.3 Å². The molecule has 4 rings (SSSR count). The molecule has 1 fully saturated rings. The minimum Gasteiger partial charge on any atom is -0.481 e. The summed E-state index contributed by atoms with van der Waals surface area (Å²) in [5, 5.41) is 2.80. The zero-order valence-electron chi connectivity index (χ0n) is 17.7. The van der Waals surface area contributed by atoms with Crippen LogP contribution in [0.4, 0.5) is 15.8 Å². The molecule has 0 bridgehead atoms. The van der Waals surface area contributed by atoms with Gasteiger partial charge in [-0.15, -0.1) is 0 Å². The number of aromatic nitrogens is 1. The molecule has 32 heavy (non-hydrogen) atoms. The van der Waals surface area contributed by atoms with Crippen LogP contribution in [0.2, 0.25) is 0 Å². The van der Waals surface area contributed by atoms with E-state index >= 15 is 0 Å². The largest absolute Gasteiger partial charge is 0.481 e. The minimum atomic E-state index is -0.410. The second-order valence-corrected chi connectivity index (χ2v) is 7.38. The lowest BCUT2D eigenvalue weighted by atomic mass is 10.1. The van der Waals surface area contributed by atoms with Crippen molar-refractivity contribution >= 4 is 23.2 Å². The predicted molar refractivity (Wildman–Crippen MR) is 118 cm³/mol. The summed E-state index contributed by atoms with van der Waals surface area (Å²) >= 11 is 0. The third-order valence-corrected chi connectivity index (χ3v) is 5.15. The van der Waals surface area contributed by atoms with Crippen molar-refractivity contribution in [1.82, 2.24) is 4.98 Å². The molecule has 0 aliphatic carbocycles. The second-order valence-electron chi connectivity index (χ2n) is 7.38. The number of pyridine rings is 1. The Hall–Kier alpha value is -3.94. The third kappa shape index (κ3) is 4.54. The van der Waals surface area contributed by atoms with Gasteiger partial charge in [-0.25, -0.2) is 9.37 Å². The van der Waals surface area contributed by atoms with Crippen LogP contribution < -0.4 is 19.7 Å². The van der Waals surface area contributed by atoms with Gasteiger partial charge in [0.2, 0.25) is 11.8 Å². The average Bonchev–Trinajstić information content (AvgIpc) is 3.21. The number of aryl methyl sites for hydroxylation is 1. The summed E-state index contributed by atoms with van der Waals surface area (Å²) in [4.78, 5) is 31.0. The van der Waals surface area contributed by atoms with Crippen LogP contribution in [0.5, 0.6) is 17.4 Å². The Morgan fingerprint density at radius 3 is 2.69 bits per heavy atom. The van der Waals surface area contributed by atoms with Gasteiger partial charge in [0.15, 0.2) is 0 Å². The number of nitrogens with one attached hydrogen (secondary N) is 1. The molecule has 1 aliphatic rings. The molecule has 0 unspecified atom stereocenters. The molecule has 1 aliphatic heterocycles. The first-order valence-corrected chi connectivity index (χ1v) is 10.1. The normalized spacial score (nSPS) is 13.2. The Kier molecular flexibility index (Phi) is 6.02. The predicted octanol–water partition coefficient (Wildman–Crippen LogP) is 4.71. The Morgan fingerprint density at radius 2 is 1.97 bits per heavy atom. The monoisotopic (exact) mass is 435 g/mol. The molecule has 8 heteroatoms. The maximum absolute atomic E-state index is 13.5. The Labute approximate surface area is 184 Å². The Bertz CT molecular complexity index is 1180. The van der Waals surface area contributed by atoms with E-state index in [4.69, 9.17) is 9.47 Å². The summed E-state index contributed by atoms with van der Waals surface area (Å²) in [6.07, 6.45) is 2.79. The first-order chi connectivity index (χ1) is 15.4. The van der Waals surface area contributed by atoms with Crippen molar-refractivity contribution in [2.24, 2.45) is 0 Å². The molecule has 164 valence electrons. The molecule has 0 saturated carbocycles. The highest BCUT2D eigenvalue weighted by molar-refractivity contribution is 6.07. The number of halogens is 1. The molecule has 1 N–H and O–H groups in total. The zero-order valence-corrected chi connectivity index (χ0v) is 17.7. The van der Waals surface area contributed by atoms with E-state index in [-0.39, 0.29) is 23.0 Å². The molecule has 2 aromatic carbocycles. The molecule has 1 saturated heterocycles. The van der Waals surface area contributed by atoms with E-state index in [1.165, 1.54) is 31.5 Å². The first-order valence-electron chi connectivity index (χ1n) is 10.1. The fourth-order valence-corrected chi connectivity index (χ4v) is 3.52. The second kappa shape index (κ2) is 9.05. The van der Waals surface area contributed by atoms with Gasteiger partial charge >= 0.3 is 0 Å². The lowest BCUT2D eigenvalue weighted by Gasteiger charge is -2.19. The number of carbonyl (C=O) groups excluding carboxylic acids is 2. The number of nitrogens with zero attached hydrogens (tertiary/aromatic N) is 2. The number of benzene rings is 2. The number of carbonyl (C=O) groups is 2. The number of methoxy groups -OCH3 is 1. The molecule has 2 heterocycles. The highest BCUT2D eigenvalue weighted by Crippen LogP contribution is 2.34. The van der Waals surface area contributed by atoms with Crippen LogP contribution in [0, 0.1) is 12.7 Å². The summed E-state index contributed by atoms with van der Waals surface area (Å²) in [5.41, 5.74) is 1.99. The number of anilines is 2. The van der Waals surface area contributed by atoms with Gasteiger partial charge in [-0.1, -0.05) is 0 Å². The maximum atomic E-state index is 13.5. The molecule has 7 nitrogen and oxygen atoms in total. The third-order valence-electron chi connectivity index (χ3n) is 5.15. The van der Waals surface area contributed by atoms with Crippen molar-refractivity contribution < 1.29 is 23.5 Å². The van der Waals surface area contributed by atoms with Gasteiger partial charge in [-0.05, 0) is 55.3 Å². The van der Waals surface area contributed by atoms with E-state index in [9.17, 15) is 14.0 Å². The average molecular weight is 435 g/mol. The summed E-state index contributed by atoms with van der Waals surface area (Å²) in [6, 6.07) is 12.4. The van der Waals surface area contributed by atoms with Crippen molar-refractivity contribution in [2.45, 2.75) is 19.8 Å². The van der Waals surface area contributed by atoms with Crippen LogP contribution in [0.3, 0.4) is 0 Å². The first kappa shape index (κ1) is 21.3. The lowest BCUT2D eigenvalue weighted by molar-refractivity contribution is -0.117. The number of ether oxygens (including phenoxy) is 2. The van der Waals surface area contributed by atoms with Gasteiger partial charge in [0, 0.05) is 42.7 Å². The fourth-order valence-electron chi connectivity index (χ4n) is 3.52. The highest BCUT2D eigenvalue weighted by Gasteiger charge is 2.24. The highest BCUT2D eigenvalue weighted by atomic mass is 19.1. The van der Waals surface area contributed by atoms with Gasteiger partial charge in [0.05, 0.1) is 12.7 Å². The molecule has 2 amide bonds. The van der Waals surface area contributed by atoms with Crippen LogP contribution in [0.15, 0.2) is 54.7 Å². The van der Waals surface area contributed by atoms with Crippen molar-refractivity contribution in [3.63, 3.8) is 0 Å². The van der Waals surface area contributed by atoms with Crippen molar-refractivity contribution in [1.29, 1.82) is 0 Å². The molecule has 0 radical (unpaired) electrons. The maximum Gasteiger partial charge on any atom is 0.259 e. The van der Waals surface area contributed by atoms with Crippen LogP contribution >= 0.6 is 0 Å². The SMILES string of the molecule is COc1cc(NC(=O)c2ccc(N3CCCC3=O)cc2Oc2ccc(F)cc2C)ccn1. The molecule has 1 aromatic heterocycles. The lowest BCUT2D eigenvalue weighted by Crippen LogP contribution is -2.24. The van der Waals surface area contributed by atoms with E-state index in [0.29, 0.717) is 41.5 Å². The van der Waals surface area contributed by atoms with Crippen LogP contribution in [-0.2, 0) is 4.79 Å². The van der Waals surface area contributed by atoms with E-state index in [1.807, 2.05) is 0 Å². The fraction of sp³-hybridized carbons (Fsp3) is 0.208. The van der Waals surface area contributed by atoms with E-state index < -0.39 is 5.91 Å². The van der Waals surface area contributed by atoms with Crippen LogP contribution in [0.25, 0.3) is 0 Å². The topological polar surface area (TPSA) is 80.8 Å². The van der Waals surface area contributed by atoms with Gasteiger partial charge < -0.3 is 19.7 Å². The van der Waals surface area contributed by atoms with Crippen LogP contribution in [-0.4, -0.2) is 30.5 Å². The van der Waals surface area contributed by atoms with Gasteiger partial charge in [-0.3, -0.25) is 9.59 Å². The molecule has 3 aromatic rings. The summed E-state index contributed by atoms with van der Waals surface area (Å²) < 4.78 is 24.7. The van der Waals surface area contributed by atoms with E-state index in [0.717, 1.165) is 6.42 Å². The van der Waals surface area contributed by atoms with Crippen molar-refractivity contribution in [3.8, 4) is 17.4 Å². The Morgan fingerprint density at radius 1 is 1.12 bits per heavy atom. The molecule has 0 atom stereocenters. The van der Waals surface area contributed by atoms with Crippen LogP contribution in [0.1, 0.15) is 28.8 Å². The molecule has 0 spiro atoms. The molecular formula is C24H22FN3O4. The van der Waals surface area contributed by atoms with Crippen molar-refractivity contribution in [3.05, 3.63) is 71.7 Å². The van der Waals surface area contributed by atoms with Crippen molar-refractivity contribution in [2.75, 3.05) is 23.9 Å².